The molecule has 0 saturated carbocycles. The van der Waals surface area contributed by atoms with Gasteiger partial charge in [-0.15, -0.1) is 0 Å². The molecule has 7 heteroatoms. The van der Waals surface area contributed by atoms with Gasteiger partial charge in [0.1, 0.15) is 24.0 Å². The second kappa shape index (κ2) is 8.04. The molecule has 0 fully saturated rings. The molecule has 1 unspecified atom stereocenters. The van der Waals surface area contributed by atoms with Crippen molar-refractivity contribution in [2.45, 2.75) is 26.3 Å². The second-order valence-corrected chi connectivity index (χ2v) is 6.50. The number of benzene rings is 2. The fourth-order valence-electron chi connectivity index (χ4n) is 3.28. The van der Waals surface area contributed by atoms with Crippen LogP contribution in [0.1, 0.15) is 30.1 Å². The van der Waals surface area contributed by atoms with E-state index in [1.807, 2.05) is 60.1 Å². The summed E-state index contributed by atoms with van der Waals surface area (Å²) in [7, 11) is 0. The van der Waals surface area contributed by atoms with E-state index in [1.165, 1.54) is 0 Å². The minimum Gasteiger partial charge on any atom is -0.366 e. The largest absolute Gasteiger partial charge is 0.366 e. The lowest BCUT2D eigenvalue weighted by atomic mass is 9.93. The lowest BCUT2D eigenvalue weighted by molar-refractivity contribution is 0.645. The summed E-state index contributed by atoms with van der Waals surface area (Å²) in [4.78, 5) is 9.35. The first-order valence-corrected chi connectivity index (χ1v) is 9.40. The van der Waals surface area contributed by atoms with Crippen LogP contribution >= 0.6 is 0 Å². The molecular formula is C21H23N7. The quantitative estimate of drug-likeness (QED) is 0.696. The molecule has 2 heterocycles. The Balaban J connectivity index is 1.63. The summed E-state index contributed by atoms with van der Waals surface area (Å²) in [6.45, 7) is 5.14. The molecule has 142 valence electrons. The van der Waals surface area contributed by atoms with Gasteiger partial charge in [0.05, 0.1) is 5.92 Å². The summed E-state index contributed by atoms with van der Waals surface area (Å²) in [5.41, 5.74) is 6.11. The van der Waals surface area contributed by atoms with Crippen molar-refractivity contribution in [1.82, 2.24) is 20.2 Å². The molecule has 3 aromatic rings. The first-order valence-electron chi connectivity index (χ1n) is 9.40. The van der Waals surface area contributed by atoms with Crippen LogP contribution in [-0.4, -0.2) is 33.0 Å². The van der Waals surface area contributed by atoms with Crippen LogP contribution in [0.2, 0.25) is 0 Å². The third kappa shape index (κ3) is 3.64. The normalized spacial score (nSPS) is 17.4. The van der Waals surface area contributed by atoms with Crippen molar-refractivity contribution in [3.05, 3.63) is 77.9 Å². The van der Waals surface area contributed by atoms with E-state index >= 15 is 0 Å². The number of hydrogen-bond donors (Lipinski definition) is 2. The van der Waals surface area contributed by atoms with Crippen molar-refractivity contribution in [2.75, 3.05) is 12.0 Å². The molecule has 0 aliphatic carbocycles. The molecule has 7 nitrogen and oxygen atoms in total. The van der Waals surface area contributed by atoms with Gasteiger partial charge in [-0.05, 0) is 31.5 Å². The van der Waals surface area contributed by atoms with Gasteiger partial charge in [0, 0.05) is 12.2 Å². The molecule has 4 rings (SSSR count). The highest BCUT2D eigenvalue weighted by atomic mass is 15.4. The number of nitrogens with one attached hydrogen (secondary N) is 2. The molecule has 2 N–H and O–H groups in total. The van der Waals surface area contributed by atoms with Crippen molar-refractivity contribution >= 4 is 17.2 Å². The van der Waals surface area contributed by atoms with Crippen LogP contribution in [0.15, 0.2) is 70.8 Å². The average Bonchev–Trinajstić information content (AvgIpc) is 3.32. The van der Waals surface area contributed by atoms with E-state index in [4.69, 9.17) is 4.99 Å². The monoisotopic (exact) mass is 373 g/mol. The molecule has 0 bridgehead atoms. The fourth-order valence-corrected chi connectivity index (χ4v) is 3.28. The summed E-state index contributed by atoms with van der Waals surface area (Å²) in [6, 6.07) is 20.3. The number of hydrogen-bond acceptors (Lipinski definition) is 5. The maximum atomic E-state index is 4.74. The van der Waals surface area contributed by atoms with Crippen LogP contribution in [0.3, 0.4) is 0 Å². The second-order valence-electron chi connectivity index (χ2n) is 6.50. The highest BCUT2D eigenvalue weighted by Gasteiger charge is 2.33. The number of amidine groups is 1. The number of para-hydroxylation sites is 1. The first-order chi connectivity index (χ1) is 13.8. The van der Waals surface area contributed by atoms with Gasteiger partial charge in [0.25, 0.3) is 0 Å². The zero-order valence-electron chi connectivity index (χ0n) is 16.0. The van der Waals surface area contributed by atoms with Gasteiger partial charge in [-0.25, -0.2) is 14.7 Å². The Morgan fingerprint density at radius 2 is 1.79 bits per heavy atom. The maximum Gasteiger partial charge on any atom is 0.175 e. The van der Waals surface area contributed by atoms with E-state index in [9.17, 15) is 0 Å². The van der Waals surface area contributed by atoms with Gasteiger partial charge < -0.3 is 5.32 Å². The van der Waals surface area contributed by atoms with Crippen molar-refractivity contribution in [3.63, 3.8) is 0 Å². The van der Waals surface area contributed by atoms with Crippen molar-refractivity contribution < 1.29 is 0 Å². The molecule has 0 radical (unpaired) electrons. The highest BCUT2D eigenvalue weighted by molar-refractivity contribution is 6.20. The van der Waals surface area contributed by atoms with Gasteiger partial charge in [0.2, 0.25) is 0 Å². The van der Waals surface area contributed by atoms with Gasteiger partial charge in [-0.3, -0.25) is 5.43 Å². The first kappa shape index (κ1) is 17.9. The Morgan fingerprint density at radius 3 is 2.50 bits per heavy atom. The SMILES string of the molecule is CCn1nc(C)nc1C1=NNC(=NCNc2ccccc2)C1c1ccccc1. The third-order valence-corrected chi connectivity index (χ3v) is 4.58. The molecule has 1 aliphatic rings. The molecule has 28 heavy (non-hydrogen) atoms. The zero-order chi connectivity index (χ0) is 19.3. The summed E-state index contributed by atoms with van der Waals surface area (Å²) in [5, 5.41) is 12.4. The van der Waals surface area contributed by atoms with E-state index in [1.54, 1.807) is 0 Å². The van der Waals surface area contributed by atoms with Crippen LogP contribution < -0.4 is 10.7 Å². The van der Waals surface area contributed by atoms with Crippen LogP contribution in [0.25, 0.3) is 0 Å². The number of rotatable bonds is 6. The molecule has 2 aromatic carbocycles. The van der Waals surface area contributed by atoms with Crippen LogP contribution in [0.5, 0.6) is 0 Å². The van der Waals surface area contributed by atoms with E-state index in [0.29, 0.717) is 6.67 Å². The van der Waals surface area contributed by atoms with Gasteiger partial charge in [0.15, 0.2) is 5.82 Å². The summed E-state index contributed by atoms with van der Waals surface area (Å²) < 4.78 is 1.89. The summed E-state index contributed by atoms with van der Waals surface area (Å²) in [5.74, 6) is 2.21. The minimum absolute atomic E-state index is 0.104. The number of aryl methyl sites for hydroxylation is 2. The molecule has 0 saturated heterocycles. The van der Waals surface area contributed by atoms with Crippen molar-refractivity contribution in [3.8, 4) is 0 Å². The average molecular weight is 373 g/mol. The number of aromatic nitrogens is 3. The van der Waals surface area contributed by atoms with Crippen molar-refractivity contribution in [1.29, 1.82) is 0 Å². The standard InChI is InChI=1S/C21H23N7/c1-3-28-21(24-15(2)27-28)19-18(16-10-6-4-7-11-16)20(26-25-19)23-14-22-17-12-8-5-9-13-17/h4-13,18,22H,3,14H2,1-2H3,(H,23,26). The van der Waals surface area contributed by atoms with E-state index < -0.39 is 0 Å². The maximum absolute atomic E-state index is 4.74. The predicted octanol–water partition coefficient (Wildman–Crippen LogP) is 3.17. The lowest BCUT2D eigenvalue weighted by Crippen LogP contribution is -2.25. The zero-order valence-corrected chi connectivity index (χ0v) is 16.0. The molecule has 1 atom stereocenters. The minimum atomic E-state index is -0.104. The van der Waals surface area contributed by atoms with Gasteiger partial charge in [-0.1, -0.05) is 48.5 Å². The smallest absolute Gasteiger partial charge is 0.175 e. The van der Waals surface area contributed by atoms with Gasteiger partial charge >= 0.3 is 0 Å². The molecule has 1 aromatic heterocycles. The number of hydrazone groups is 1. The molecule has 0 spiro atoms. The van der Waals surface area contributed by atoms with Crippen LogP contribution in [0.4, 0.5) is 5.69 Å². The van der Waals surface area contributed by atoms with Crippen LogP contribution in [-0.2, 0) is 6.54 Å². The number of aliphatic imine (C=N–C) groups is 1. The van der Waals surface area contributed by atoms with Crippen molar-refractivity contribution in [2.24, 2.45) is 10.1 Å². The Labute approximate surface area is 164 Å². The highest BCUT2D eigenvalue weighted by Crippen LogP contribution is 2.26. The van der Waals surface area contributed by atoms with E-state index in [2.05, 4.69) is 45.0 Å². The van der Waals surface area contributed by atoms with E-state index in [-0.39, 0.29) is 5.92 Å². The van der Waals surface area contributed by atoms with E-state index in [0.717, 1.165) is 41.0 Å². The Bertz CT molecular complexity index is 990. The Morgan fingerprint density at radius 1 is 1.07 bits per heavy atom. The number of anilines is 1. The predicted molar refractivity (Wildman–Crippen MR) is 112 cm³/mol. The molecule has 1 aliphatic heterocycles. The lowest BCUT2D eigenvalue weighted by Gasteiger charge is -2.14. The van der Waals surface area contributed by atoms with Crippen LogP contribution in [0, 0.1) is 6.92 Å². The number of nitrogens with zero attached hydrogens (tertiary/aromatic N) is 5. The fraction of sp³-hybridized carbons (Fsp3) is 0.238. The summed E-state index contributed by atoms with van der Waals surface area (Å²) in [6.07, 6.45) is 0. The molecule has 0 amide bonds. The topological polar surface area (TPSA) is 79.5 Å². The Kier molecular flexibility index (Phi) is 5.14. The Hall–Kier alpha value is -3.48. The van der Waals surface area contributed by atoms with Gasteiger partial charge in [-0.2, -0.15) is 10.2 Å². The third-order valence-electron chi connectivity index (χ3n) is 4.58. The summed E-state index contributed by atoms with van der Waals surface area (Å²) >= 11 is 0. The molecular weight excluding hydrogens is 350 g/mol.